The summed E-state index contributed by atoms with van der Waals surface area (Å²) in [5.41, 5.74) is 3.98. The van der Waals surface area contributed by atoms with Crippen molar-refractivity contribution in [1.82, 2.24) is 0 Å². The molecule has 2 amide bonds. The molecule has 4 nitrogen and oxygen atoms in total. The largest absolute Gasteiger partial charge is 0.268 e. The van der Waals surface area contributed by atoms with Crippen molar-refractivity contribution in [3.63, 3.8) is 0 Å². The van der Waals surface area contributed by atoms with Gasteiger partial charge in [-0.05, 0) is 60.9 Å². The van der Waals surface area contributed by atoms with Gasteiger partial charge >= 0.3 is 0 Å². The lowest BCUT2D eigenvalue weighted by Gasteiger charge is -2.20. The van der Waals surface area contributed by atoms with E-state index in [0.29, 0.717) is 16.8 Å². The lowest BCUT2D eigenvalue weighted by molar-refractivity contribution is 0.0925. The Morgan fingerprint density at radius 3 is 2.00 bits per heavy atom. The second-order valence-corrected chi connectivity index (χ2v) is 5.46. The molecule has 0 bridgehead atoms. The minimum Gasteiger partial charge on any atom is -0.268 e. The van der Waals surface area contributed by atoms with Gasteiger partial charge in [-0.25, -0.2) is 4.90 Å². The van der Waals surface area contributed by atoms with Crippen LogP contribution in [0.3, 0.4) is 0 Å². The highest BCUT2D eigenvalue weighted by molar-refractivity contribution is 6.34. The van der Waals surface area contributed by atoms with Gasteiger partial charge in [-0.2, -0.15) is 5.26 Å². The van der Waals surface area contributed by atoms with E-state index in [0.717, 1.165) is 16.7 Å². The van der Waals surface area contributed by atoms with E-state index < -0.39 is 0 Å². The molecule has 0 aromatic heterocycles. The number of fused-ring (bicyclic) bond motifs is 1. The van der Waals surface area contributed by atoms with Crippen LogP contribution in [-0.4, -0.2) is 11.8 Å². The third-order valence-corrected chi connectivity index (χ3v) is 3.88. The number of nitrogens with zero attached hydrogens (tertiary/aromatic N) is 2. The Hall–Kier alpha value is -3.19. The van der Waals surface area contributed by atoms with Gasteiger partial charge in [0.25, 0.3) is 11.8 Å². The number of imide groups is 1. The van der Waals surface area contributed by atoms with E-state index in [1.54, 1.807) is 30.3 Å². The Morgan fingerprint density at radius 1 is 1.00 bits per heavy atom. The summed E-state index contributed by atoms with van der Waals surface area (Å²) in [6.45, 7) is 3.71. The van der Waals surface area contributed by atoms with Crippen LogP contribution in [0.1, 0.15) is 37.4 Å². The monoisotopic (exact) mass is 302 g/mol. The molecule has 0 radical (unpaired) electrons. The summed E-state index contributed by atoms with van der Waals surface area (Å²) in [6.07, 6.45) is 3.10. The Balaban J connectivity index is 2.11. The molecule has 0 saturated heterocycles. The lowest BCUT2D eigenvalue weighted by Crippen LogP contribution is -2.30. The van der Waals surface area contributed by atoms with Crippen LogP contribution in [0.2, 0.25) is 0 Å². The smallest absolute Gasteiger partial charge is 0.266 e. The lowest BCUT2D eigenvalue weighted by atomic mass is 10.0. The first-order valence-corrected chi connectivity index (χ1v) is 7.20. The summed E-state index contributed by atoms with van der Waals surface area (Å²) < 4.78 is 0. The van der Waals surface area contributed by atoms with Crippen LogP contribution in [-0.2, 0) is 0 Å². The number of aryl methyl sites for hydroxylation is 2. The van der Waals surface area contributed by atoms with E-state index in [1.165, 1.54) is 11.0 Å². The average molecular weight is 302 g/mol. The van der Waals surface area contributed by atoms with Crippen LogP contribution in [0.15, 0.2) is 42.5 Å². The Kier molecular flexibility index (Phi) is 3.55. The van der Waals surface area contributed by atoms with Gasteiger partial charge in [0.2, 0.25) is 0 Å². The van der Waals surface area contributed by atoms with Crippen molar-refractivity contribution < 1.29 is 9.59 Å². The molecule has 0 unspecified atom stereocenters. The van der Waals surface area contributed by atoms with Gasteiger partial charge in [-0.15, -0.1) is 0 Å². The van der Waals surface area contributed by atoms with Crippen LogP contribution < -0.4 is 4.90 Å². The quantitative estimate of drug-likeness (QED) is 0.628. The molecule has 2 aromatic carbocycles. The molecule has 0 atom stereocenters. The van der Waals surface area contributed by atoms with Crippen molar-refractivity contribution in [2.75, 3.05) is 4.90 Å². The van der Waals surface area contributed by atoms with Crippen LogP contribution in [0.25, 0.3) is 6.08 Å². The first kappa shape index (κ1) is 14.7. The third-order valence-electron chi connectivity index (χ3n) is 3.88. The fourth-order valence-electron chi connectivity index (χ4n) is 2.96. The highest BCUT2D eigenvalue weighted by Gasteiger charge is 2.37. The van der Waals surface area contributed by atoms with E-state index in [1.807, 2.05) is 32.0 Å². The number of carbonyl (C=O) groups is 2. The first-order chi connectivity index (χ1) is 11.0. The number of anilines is 1. The molecule has 3 rings (SSSR count). The molecule has 4 heteroatoms. The van der Waals surface area contributed by atoms with Gasteiger partial charge in [0.15, 0.2) is 0 Å². The second kappa shape index (κ2) is 5.54. The molecule has 1 heterocycles. The molecule has 23 heavy (non-hydrogen) atoms. The maximum Gasteiger partial charge on any atom is 0.266 e. The van der Waals surface area contributed by atoms with E-state index in [2.05, 4.69) is 0 Å². The summed E-state index contributed by atoms with van der Waals surface area (Å²) >= 11 is 0. The second-order valence-electron chi connectivity index (χ2n) is 5.46. The molecule has 2 aromatic rings. The summed E-state index contributed by atoms with van der Waals surface area (Å²) in [7, 11) is 0. The summed E-state index contributed by atoms with van der Waals surface area (Å²) in [5.74, 6) is -0.589. The maximum absolute atomic E-state index is 12.6. The summed E-state index contributed by atoms with van der Waals surface area (Å²) in [6, 6.07) is 12.5. The number of hydrogen-bond donors (Lipinski definition) is 0. The number of nitriles is 1. The fourth-order valence-corrected chi connectivity index (χ4v) is 2.96. The summed E-state index contributed by atoms with van der Waals surface area (Å²) in [5, 5.41) is 8.63. The fraction of sp³-hybridized carbons (Fsp3) is 0.105. The zero-order chi connectivity index (χ0) is 16.6. The Morgan fingerprint density at radius 2 is 1.52 bits per heavy atom. The molecule has 112 valence electrons. The van der Waals surface area contributed by atoms with Crippen molar-refractivity contribution in [2.24, 2.45) is 0 Å². The van der Waals surface area contributed by atoms with Crippen molar-refractivity contribution >= 4 is 23.6 Å². The van der Waals surface area contributed by atoms with E-state index in [9.17, 15) is 9.59 Å². The maximum atomic E-state index is 12.6. The van der Waals surface area contributed by atoms with Crippen molar-refractivity contribution in [3.8, 4) is 6.07 Å². The van der Waals surface area contributed by atoms with Gasteiger partial charge in [-0.3, -0.25) is 9.59 Å². The van der Waals surface area contributed by atoms with Gasteiger partial charge < -0.3 is 0 Å². The Labute approximate surface area is 134 Å². The number of carbonyl (C=O) groups excluding carboxylic acids is 2. The molecular weight excluding hydrogens is 288 g/mol. The average Bonchev–Trinajstić information content (AvgIpc) is 2.78. The standard InChI is InChI=1S/C19H14N2O2/c1-12-10-14(6-5-9-20)11-13(2)17(12)21-18(22)15-7-3-4-8-16(15)19(21)23/h3-8,10-11H,1-2H3. The zero-order valence-electron chi connectivity index (χ0n) is 12.8. The van der Waals surface area contributed by atoms with Gasteiger partial charge in [-0.1, -0.05) is 12.1 Å². The van der Waals surface area contributed by atoms with Gasteiger partial charge in [0, 0.05) is 6.08 Å². The summed E-state index contributed by atoms with van der Waals surface area (Å²) in [4.78, 5) is 26.5. The van der Waals surface area contributed by atoms with Crippen molar-refractivity contribution in [1.29, 1.82) is 5.26 Å². The minimum atomic E-state index is -0.294. The molecule has 0 fully saturated rings. The minimum absolute atomic E-state index is 0.294. The normalized spacial score (nSPS) is 13.5. The molecule has 0 spiro atoms. The molecular formula is C19H14N2O2. The number of rotatable bonds is 2. The van der Waals surface area contributed by atoms with Gasteiger partial charge in [0.05, 0.1) is 22.9 Å². The predicted molar refractivity (Wildman–Crippen MR) is 88.1 cm³/mol. The highest BCUT2D eigenvalue weighted by Crippen LogP contribution is 2.33. The number of hydrogen-bond acceptors (Lipinski definition) is 3. The zero-order valence-corrected chi connectivity index (χ0v) is 12.8. The number of benzene rings is 2. The SMILES string of the molecule is Cc1cc(C=CC#N)cc(C)c1N1C(=O)c2ccccc2C1=O. The van der Waals surface area contributed by atoms with Gasteiger partial charge in [0.1, 0.15) is 0 Å². The number of amides is 2. The highest BCUT2D eigenvalue weighted by atomic mass is 16.2. The van der Waals surface area contributed by atoms with E-state index in [4.69, 9.17) is 5.26 Å². The van der Waals surface area contributed by atoms with Crippen molar-refractivity contribution in [2.45, 2.75) is 13.8 Å². The molecule has 1 aliphatic heterocycles. The number of allylic oxidation sites excluding steroid dienone is 1. The first-order valence-electron chi connectivity index (χ1n) is 7.20. The van der Waals surface area contributed by atoms with Crippen LogP contribution >= 0.6 is 0 Å². The van der Waals surface area contributed by atoms with E-state index >= 15 is 0 Å². The predicted octanol–water partition coefficient (Wildman–Crippen LogP) is 3.64. The van der Waals surface area contributed by atoms with Crippen LogP contribution in [0.4, 0.5) is 5.69 Å². The molecule has 1 aliphatic rings. The molecule has 0 saturated carbocycles. The Bertz CT molecular complexity index is 846. The van der Waals surface area contributed by atoms with Crippen LogP contribution in [0, 0.1) is 25.2 Å². The third kappa shape index (κ3) is 2.33. The van der Waals surface area contributed by atoms with Crippen LogP contribution in [0.5, 0.6) is 0 Å². The molecule has 0 aliphatic carbocycles. The van der Waals surface area contributed by atoms with E-state index in [-0.39, 0.29) is 11.8 Å². The van der Waals surface area contributed by atoms with Crippen molar-refractivity contribution in [3.05, 3.63) is 70.3 Å². The topological polar surface area (TPSA) is 61.2 Å². The molecule has 0 N–H and O–H groups in total.